The number of ether oxygens (including phenoxy) is 1. The van der Waals surface area contributed by atoms with Crippen molar-refractivity contribution in [1.29, 1.82) is 0 Å². The van der Waals surface area contributed by atoms with Crippen molar-refractivity contribution < 1.29 is 17.9 Å². The number of rotatable bonds is 7. The molecule has 0 amide bonds. The Kier molecular flexibility index (Phi) is 7.15. The molecule has 1 fully saturated rings. The maximum absolute atomic E-state index is 12.5. The lowest BCUT2D eigenvalue weighted by molar-refractivity contribution is -0.140. The van der Waals surface area contributed by atoms with Crippen LogP contribution in [-0.4, -0.2) is 50.5 Å². The first-order chi connectivity index (χ1) is 11.9. The summed E-state index contributed by atoms with van der Waals surface area (Å²) >= 11 is 5.17. The van der Waals surface area contributed by atoms with Gasteiger partial charge in [0.05, 0.1) is 12.0 Å². The zero-order valence-electron chi connectivity index (χ0n) is 14.2. The predicted octanol–water partition coefficient (Wildman–Crippen LogP) is 1.71. The number of carbonyl (C=O) groups is 1. The van der Waals surface area contributed by atoms with Gasteiger partial charge in [-0.05, 0) is 55.7 Å². The van der Waals surface area contributed by atoms with Crippen LogP contribution in [0.25, 0.3) is 0 Å². The van der Waals surface area contributed by atoms with Gasteiger partial charge >= 0.3 is 5.97 Å². The highest BCUT2D eigenvalue weighted by Gasteiger charge is 2.26. The van der Waals surface area contributed by atoms with Gasteiger partial charge in [-0.25, -0.2) is 8.42 Å². The minimum atomic E-state index is -3.40. The molecular formula is C16H23N3O4S2. The Morgan fingerprint density at radius 3 is 2.48 bits per heavy atom. The summed E-state index contributed by atoms with van der Waals surface area (Å²) in [7, 11) is -2.04. The number of thiocarbonyl (C=S) groups is 1. The predicted molar refractivity (Wildman–Crippen MR) is 99.9 cm³/mol. The molecule has 2 N–H and O–H groups in total. The molecule has 1 aliphatic heterocycles. The third-order valence-corrected chi connectivity index (χ3v) is 6.05. The van der Waals surface area contributed by atoms with Crippen LogP contribution >= 0.6 is 12.2 Å². The number of methoxy groups -OCH3 is 1. The summed E-state index contributed by atoms with van der Waals surface area (Å²) in [6.07, 6.45) is 2.76. The molecule has 0 spiro atoms. The Bertz CT molecular complexity index is 699. The standard InChI is InChI=1S/C16H23N3O4S2/c1-23-15(20)5-4-10-17-16(24)18-13-6-8-14(9-7-13)25(21,22)19-11-2-3-12-19/h6-9H,2-5,10-12H2,1H3,(H2,17,18,24). The fourth-order valence-electron chi connectivity index (χ4n) is 2.50. The molecule has 1 aromatic rings. The van der Waals surface area contributed by atoms with Crippen molar-refractivity contribution in [3.8, 4) is 0 Å². The number of carbonyl (C=O) groups excluding carboxylic acids is 1. The molecule has 0 aliphatic carbocycles. The van der Waals surface area contributed by atoms with E-state index in [0.717, 1.165) is 12.8 Å². The van der Waals surface area contributed by atoms with E-state index in [-0.39, 0.29) is 10.9 Å². The quantitative estimate of drug-likeness (QED) is 0.420. The fraction of sp³-hybridized carbons (Fsp3) is 0.500. The smallest absolute Gasteiger partial charge is 0.305 e. The highest BCUT2D eigenvalue weighted by molar-refractivity contribution is 7.89. The van der Waals surface area contributed by atoms with Gasteiger partial charge in [0.15, 0.2) is 5.11 Å². The molecule has 0 bridgehead atoms. The van der Waals surface area contributed by atoms with Gasteiger partial charge in [-0.15, -0.1) is 0 Å². The second kappa shape index (κ2) is 9.12. The summed E-state index contributed by atoms with van der Waals surface area (Å²) in [4.78, 5) is 11.3. The van der Waals surface area contributed by atoms with Gasteiger partial charge in [0, 0.05) is 31.7 Å². The first-order valence-electron chi connectivity index (χ1n) is 8.15. The number of nitrogens with zero attached hydrogens (tertiary/aromatic N) is 1. The Balaban J connectivity index is 1.83. The van der Waals surface area contributed by atoms with Crippen LogP contribution < -0.4 is 10.6 Å². The van der Waals surface area contributed by atoms with Gasteiger partial charge in [0.1, 0.15) is 0 Å². The van der Waals surface area contributed by atoms with Crippen molar-refractivity contribution in [3.63, 3.8) is 0 Å². The van der Waals surface area contributed by atoms with Crippen molar-refractivity contribution in [3.05, 3.63) is 24.3 Å². The van der Waals surface area contributed by atoms with Crippen molar-refractivity contribution >= 4 is 39.0 Å². The summed E-state index contributed by atoms with van der Waals surface area (Å²) in [6.45, 7) is 1.71. The Morgan fingerprint density at radius 1 is 1.24 bits per heavy atom. The summed E-state index contributed by atoms with van der Waals surface area (Å²) in [5.41, 5.74) is 0.700. The van der Waals surface area contributed by atoms with Crippen LogP contribution in [-0.2, 0) is 19.6 Å². The van der Waals surface area contributed by atoms with E-state index in [1.807, 2.05) is 0 Å². The van der Waals surface area contributed by atoms with E-state index < -0.39 is 10.0 Å². The minimum absolute atomic E-state index is 0.254. The molecule has 0 radical (unpaired) electrons. The topological polar surface area (TPSA) is 87.7 Å². The van der Waals surface area contributed by atoms with E-state index in [4.69, 9.17) is 12.2 Å². The first kappa shape index (κ1) is 19.6. The maximum Gasteiger partial charge on any atom is 0.305 e. The van der Waals surface area contributed by atoms with Crippen LogP contribution in [0.3, 0.4) is 0 Å². The molecule has 1 aliphatic rings. The van der Waals surface area contributed by atoms with Crippen LogP contribution in [0.2, 0.25) is 0 Å². The molecule has 7 nitrogen and oxygen atoms in total. The normalized spacial score (nSPS) is 14.9. The third kappa shape index (κ3) is 5.65. The van der Waals surface area contributed by atoms with Crippen molar-refractivity contribution in [2.75, 3.05) is 32.1 Å². The lowest BCUT2D eigenvalue weighted by Crippen LogP contribution is -2.29. The molecule has 1 saturated heterocycles. The highest BCUT2D eigenvalue weighted by atomic mass is 32.2. The average Bonchev–Trinajstić information content (AvgIpc) is 3.14. The van der Waals surface area contributed by atoms with Crippen LogP contribution in [0.15, 0.2) is 29.2 Å². The van der Waals surface area contributed by atoms with Gasteiger partial charge in [-0.2, -0.15) is 4.31 Å². The summed E-state index contributed by atoms with van der Waals surface area (Å²) in [6, 6.07) is 6.53. The molecule has 9 heteroatoms. The highest BCUT2D eigenvalue weighted by Crippen LogP contribution is 2.22. The van der Waals surface area contributed by atoms with E-state index in [1.165, 1.54) is 11.4 Å². The van der Waals surface area contributed by atoms with E-state index >= 15 is 0 Å². The maximum atomic E-state index is 12.5. The third-order valence-electron chi connectivity index (χ3n) is 3.89. The molecule has 0 unspecified atom stereocenters. The molecule has 0 saturated carbocycles. The number of sulfonamides is 1. The Labute approximate surface area is 153 Å². The number of hydrogen-bond donors (Lipinski definition) is 2. The van der Waals surface area contributed by atoms with Crippen molar-refractivity contribution in [2.45, 2.75) is 30.6 Å². The summed E-state index contributed by atoms with van der Waals surface area (Å²) in [5.74, 6) is -0.254. The first-order valence-corrected chi connectivity index (χ1v) is 10.00. The fourth-order valence-corrected chi connectivity index (χ4v) is 4.24. The molecule has 138 valence electrons. The van der Waals surface area contributed by atoms with Crippen LogP contribution in [0.1, 0.15) is 25.7 Å². The van der Waals surface area contributed by atoms with Gasteiger partial charge in [-0.1, -0.05) is 0 Å². The van der Waals surface area contributed by atoms with E-state index in [9.17, 15) is 13.2 Å². The van der Waals surface area contributed by atoms with E-state index in [0.29, 0.717) is 43.3 Å². The number of benzene rings is 1. The van der Waals surface area contributed by atoms with Crippen molar-refractivity contribution in [1.82, 2.24) is 9.62 Å². The van der Waals surface area contributed by atoms with Gasteiger partial charge < -0.3 is 15.4 Å². The minimum Gasteiger partial charge on any atom is -0.469 e. The second-order valence-electron chi connectivity index (χ2n) is 5.70. The molecule has 25 heavy (non-hydrogen) atoms. The molecule has 2 rings (SSSR count). The van der Waals surface area contributed by atoms with Crippen LogP contribution in [0, 0.1) is 0 Å². The lowest BCUT2D eigenvalue weighted by atomic mass is 10.3. The number of hydrogen-bond acceptors (Lipinski definition) is 5. The van der Waals surface area contributed by atoms with E-state index in [2.05, 4.69) is 15.4 Å². The Morgan fingerprint density at radius 2 is 1.88 bits per heavy atom. The van der Waals surface area contributed by atoms with Gasteiger partial charge in [-0.3, -0.25) is 4.79 Å². The molecule has 1 heterocycles. The van der Waals surface area contributed by atoms with Crippen LogP contribution in [0.4, 0.5) is 5.69 Å². The zero-order chi connectivity index (χ0) is 18.3. The molecule has 0 aromatic heterocycles. The molecular weight excluding hydrogens is 362 g/mol. The number of nitrogens with one attached hydrogen (secondary N) is 2. The monoisotopic (exact) mass is 385 g/mol. The molecule has 0 atom stereocenters. The van der Waals surface area contributed by atoms with E-state index in [1.54, 1.807) is 24.3 Å². The Hall–Kier alpha value is -1.71. The van der Waals surface area contributed by atoms with Crippen molar-refractivity contribution in [2.24, 2.45) is 0 Å². The number of anilines is 1. The van der Waals surface area contributed by atoms with Gasteiger partial charge in [0.2, 0.25) is 10.0 Å². The summed E-state index contributed by atoms with van der Waals surface area (Å²) in [5, 5.41) is 6.39. The summed E-state index contributed by atoms with van der Waals surface area (Å²) < 4.78 is 31.0. The molecule has 1 aromatic carbocycles. The average molecular weight is 386 g/mol. The van der Waals surface area contributed by atoms with Crippen LogP contribution in [0.5, 0.6) is 0 Å². The largest absolute Gasteiger partial charge is 0.469 e. The number of esters is 1. The lowest BCUT2D eigenvalue weighted by Gasteiger charge is -2.16. The van der Waals surface area contributed by atoms with Gasteiger partial charge in [0.25, 0.3) is 0 Å². The zero-order valence-corrected chi connectivity index (χ0v) is 15.8. The second-order valence-corrected chi connectivity index (χ2v) is 8.04. The SMILES string of the molecule is COC(=O)CCCNC(=S)Nc1ccc(S(=O)(=O)N2CCCC2)cc1.